The average Bonchev–Trinajstić information content (AvgIpc) is 3.20. The summed E-state index contributed by atoms with van der Waals surface area (Å²) in [5.41, 5.74) is 7.34. The van der Waals surface area contributed by atoms with Crippen LogP contribution >= 0.6 is 11.8 Å². The number of H-pyrrole nitrogens is 1. The molecule has 1 saturated heterocycles. The van der Waals surface area contributed by atoms with Gasteiger partial charge in [-0.25, -0.2) is 8.42 Å². The van der Waals surface area contributed by atoms with Gasteiger partial charge >= 0.3 is 0 Å². The van der Waals surface area contributed by atoms with E-state index >= 15 is 0 Å². The van der Waals surface area contributed by atoms with Crippen LogP contribution in [0.2, 0.25) is 0 Å². The zero-order chi connectivity index (χ0) is 15.2. The molecule has 1 atom stereocenters. The van der Waals surface area contributed by atoms with E-state index in [2.05, 4.69) is 10.2 Å². The molecule has 7 nitrogen and oxygen atoms in total. The van der Waals surface area contributed by atoms with E-state index in [4.69, 9.17) is 5.73 Å². The molecular weight excluding hydrogens is 312 g/mol. The van der Waals surface area contributed by atoms with E-state index in [1.807, 2.05) is 0 Å². The van der Waals surface area contributed by atoms with Crippen LogP contribution in [0.1, 0.15) is 34.9 Å². The topological polar surface area (TPSA) is 109 Å². The number of amides is 1. The second-order valence-electron chi connectivity index (χ2n) is 5.53. The molecule has 2 heterocycles. The molecule has 1 aromatic heterocycles. The van der Waals surface area contributed by atoms with Crippen molar-refractivity contribution in [2.75, 3.05) is 30.0 Å². The summed E-state index contributed by atoms with van der Waals surface area (Å²) in [7, 11) is -3.33. The molecule has 1 aliphatic carbocycles. The van der Waals surface area contributed by atoms with Gasteiger partial charge in [-0.3, -0.25) is 9.89 Å². The summed E-state index contributed by atoms with van der Waals surface area (Å²) in [5, 5.41) is 6.06. The zero-order valence-electron chi connectivity index (χ0n) is 11.7. The zero-order valence-corrected chi connectivity index (χ0v) is 13.3. The third-order valence-electron chi connectivity index (χ3n) is 3.86. The highest BCUT2D eigenvalue weighted by atomic mass is 32.2. The summed E-state index contributed by atoms with van der Waals surface area (Å²) in [6.45, 7) is 0.395. The molecule has 116 valence electrons. The van der Waals surface area contributed by atoms with E-state index in [1.54, 1.807) is 0 Å². The highest BCUT2D eigenvalue weighted by Gasteiger charge is 2.37. The van der Waals surface area contributed by atoms with Crippen molar-refractivity contribution in [2.45, 2.75) is 24.1 Å². The highest BCUT2D eigenvalue weighted by Crippen LogP contribution is 2.42. The van der Waals surface area contributed by atoms with Crippen molar-refractivity contribution in [2.24, 2.45) is 0 Å². The standard InChI is InChI=1S/C12H18N4O3S2/c1-21(18,19)8-6-20-5-4-16(8)12(17)11-9(13)10(14-15-11)7-2-3-7/h7-8H,2-6,13H2,1H3,(H,14,15). The first-order valence-electron chi connectivity index (χ1n) is 6.81. The number of nitrogens with two attached hydrogens (primary N) is 1. The van der Waals surface area contributed by atoms with E-state index in [0.29, 0.717) is 23.9 Å². The average molecular weight is 330 g/mol. The van der Waals surface area contributed by atoms with E-state index in [0.717, 1.165) is 30.5 Å². The maximum absolute atomic E-state index is 12.6. The summed E-state index contributed by atoms with van der Waals surface area (Å²) >= 11 is 1.54. The van der Waals surface area contributed by atoms with Gasteiger partial charge in [0.05, 0.1) is 11.4 Å². The Morgan fingerprint density at radius 3 is 2.81 bits per heavy atom. The Balaban J connectivity index is 1.89. The molecule has 1 unspecified atom stereocenters. The number of carbonyl (C=O) groups is 1. The Hall–Kier alpha value is -1.22. The van der Waals surface area contributed by atoms with Gasteiger partial charge in [0.2, 0.25) is 0 Å². The van der Waals surface area contributed by atoms with Gasteiger partial charge in [-0.15, -0.1) is 0 Å². The van der Waals surface area contributed by atoms with Crippen LogP contribution in [-0.4, -0.2) is 59.1 Å². The molecule has 21 heavy (non-hydrogen) atoms. The van der Waals surface area contributed by atoms with Crippen LogP contribution in [0.3, 0.4) is 0 Å². The van der Waals surface area contributed by atoms with Crippen molar-refractivity contribution >= 4 is 33.2 Å². The van der Waals surface area contributed by atoms with Crippen LogP contribution in [-0.2, 0) is 9.84 Å². The Morgan fingerprint density at radius 2 is 2.19 bits per heavy atom. The van der Waals surface area contributed by atoms with Crippen LogP contribution in [0, 0.1) is 0 Å². The van der Waals surface area contributed by atoms with Gasteiger partial charge in [-0.2, -0.15) is 16.9 Å². The van der Waals surface area contributed by atoms with Gasteiger partial charge in [-0.1, -0.05) is 0 Å². The lowest BCUT2D eigenvalue weighted by Crippen LogP contribution is -2.50. The quantitative estimate of drug-likeness (QED) is 0.832. The summed E-state index contributed by atoms with van der Waals surface area (Å²) < 4.78 is 23.7. The molecule has 0 spiro atoms. The molecule has 0 aromatic carbocycles. The number of rotatable bonds is 3. The van der Waals surface area contributed by atoms with E-state index in [1.165, 1.54) is 16.7 Å². The van der Waals surface area contributed by atoms with Crippen LogP contribution in [0.5, 0.6) is 0 Å². The monoisotopic (exact) mass is 330 g/mol. The van der Waals surface area contributed by atoms with E-state index in [-0.39, 0.29) is 5.69 Å². The molecule has 0 radical (unpaired) electrons. The third-order valence-corrected chi connectivity index (χ3v) is 6.50. The second-order valence-corrected chi connectivity index (χ2v) is 8.88. The number of nitrogens with zero attached hydrogens (tertiary/aromatic N) is 2. The molecule has 1 aromatic rings. The Labute approximate surface area is 127 Å². The summed E-state index contributed by atoms with van der Waals surface area (Å²) in [5.74, 6) is 1.08. The molecule has 1 amide bonds. The third kappa shape index (κ3) is 2.76. The lowest BCUT2D eigenvalue weighted by molar-refractivity contribution is 0.0744. The Kier molecular flexibility index (Phi) is 3.64. The van der Waals surface area contributed by atoms with E-state index in [9.17, 15) is 13.2 Å². The van der Waals surface area contributed by atoms with Gasteiger partial charge < -0.3 is 10.6 Å². The highest BCUT2D eigenvalue weighted by molar-refractivity contribution is 8.00. The van der Waals surface area contributed by atoms with Crippen molar-refractivity contribution in [1.29, 1.82) is 0 Å². The number of sulfone groups is 1. The minimum Gasteiger partial charge on any atom is -0.395 e. The maximum atomic E-state index is 12.6. The Morgan fingerprint density at radius 1 is 1.48 bits per heavy atom. The normalized spacial score (nSPS) is 23.3. The predicted octanol–water partition coefficient (Wildman–Crippen LogP) is 0.429. The first-order chi connectivity index (χ1) is 9.89. The van der Waals surface area contributed by atoms with Crippen molar-refractivity contribution in [3.05, 3.63) is 11.4 Å². The summed E-state index contributed by atoms with van der Waals surface area (Å²) in [6, 6.07) is 0. The lowest BCUT2D eigenvalue weighted by atomic mass is 10.2. The molecule has 2 fully saturated rings. The van der Waals surface area contributed by atoms with Crippen LogP contribution in [0.25, 0.3) is 0 Å². The van der Waals surface area contributed by atoms with Gasteiger partial charge in [0.25, 0.3) is 5.91 Å². The molecule has 1 saturated carbocycles. The number of aromatic nitrogens is 2. The van der Waals surface area contributed by atoms with E-state index < -0.39 is 21.1 Å². The first-order valence-corrected chi connectivity index (χ1v) is 9.92. The molecule has 9 heteroatoms. The number of hydrogen-bond donors (Lipinski definition) is 2. The van der Waals surface area contributed by atoms with Gasteiger partial charge in [0.1, 0.15) is 5.37 Å². The number of nitrogen functional groups attached to an aromatic ring is 1. The first kappa shape index (κ1) is 14.7. The fourth-order valence-electron chi connectivity index (χ4n) is 2.51. The van der Waals surface area contributed by atoms with Crippen molar-refractivity contribution in [3.63, 3.8) is 0 Å². The number of thioether (sulfide) groups is 1. The SMILES string of the molecule is CS(=O)(=O)C1CSCCN1C(=O)c1n[nH]c(C2CC2)c1N. The lowest BCUT2D eigenvalue weighted by Gasteiger charge is -2.33. The minimum atomic E-state index is -3.33. The predicted molar refractivity (Wildman–Crippen MR) is 82.0 cm³/mol. The van der Waals surface area contributed by atoms with Crippen molar-refractivity contribution in [3.8, 4) is 0 Å². The largest absolute Gasteiger partial charge is 0.395 e. The summed E-state index contributed by atoms with van der Waals surface area (Å²) in [4.78, 5) is 14.0. The fraction of sp³-hybridized carbons (Fsp3) is 0.667. The van der Waals surface area contributed by atoms with Crippen LogP contribution in [0.4, 0.5) is 5.69 Å². The van der Waals surface area contributed by atoms with Crippen molar-refractivity contribution in [1.82, 2.24) is 15.1 Å². The minimum absolute atomic E-state index is 0.150. The number of anilines is 1. The van der Waals surface area contributed by atoms with Gasteiger partial charge in [-0.05, 0) is 12.8 Å². The second kappa shape index (κ2) is 5.20. The van der Waals surface area contributed by atoms with Gasteiger partial charge in [0, 0.05) is 30.2 Å². The smallest absolute Gasteiger partial charge is 0.277 e. The molecule has 1 aliphatic heterocycles. The fourth-order valence-corrected chi connectivity index (χ4v) is 5.33. The molecule has 0 bridgehead atoms. The van der Waals surface area contributed by atoms with Crippen molar-refractivity contribution < 1.29 is 13.2 Å². The number of aromatic amines is 1. The molecule has 2 aliphatic rings. The number of nitrogens with one attached hydrogen (secondary N) is 1. The number of carbonyl (C=O) groups excluding carboxylic acids is 1. The van der Waals surface area contributed by atoms with Crippen LogP contribution < -0.4 is 5.73 Å². The maximum Gasteiger partial charge on any atom is 0.277 e. The van der Waals surface area contributed by atoms with Gasteiger partial charge in [0.15, 0.2) is 15.5 Å². The molecule has 3 N–H and O–H groups in total. The van der Waals surface area contributed by atoms with Crippen LogP contribution in [0.15, 0.2) is 0 Å². The Bertz CT molecular complexity index is 666. The summed E-state index contributed by atoms with van der Waals surface area (Å²) in [6.07, 6.45) is 3.26. The number of hydrogen-bond acceptors (Lipinski definition) is 6. The molecular formula is C12H18N4O3S2. The molecule has 3 rings (SSSR count).